The zero-order valence-corrected chi connectivity index (χ0v) is 66.0. The number of aliphatic hydroxyl groups excluding tert-OH is 1. The summed E-state index contributed by atoms with van der Waals surface area (Å²) in [5.74, 6) is -3.07. The molecule has 18 nitrogen and oxygen atoms in total. The number of rotatable bonds is 76. The highest BCUT2D eigenvalue weighted by Gasteiger charge is 2.51. The lowest BCUT2D eigenvalue weighted by Crippen LogP contribution is -2.70. The Labute approximate surface area is 612 Å². The molecule has 1 heterocycles. The van der Waals surface area contributed by atoms with Crippen molar-refractivity contribution in [3.8, 4) is 0 Å². The van der Waals surface area contributed by atoms with Crippen LogP contribution in [0.1, 0.15) is 408 Å². The molecule has 0 aromatic carbocycles. The van der Waals surface area contributed by atoms with E-state index in [-0.39, 0.29) is 19.3 Å². The molecule has 100 heavy (non-hydrogen) atoms. The number of ether oxygens (including phenoxy) is 5. The van der Waals surface area contributed by atoms with Crippen molar-refractivity contribution in [2.75, 3.05) is 33.0 Å². The zero-order chi connectivity index (χ0) is 73.2. The van der Waals surface area contributed by atoms with Gasteiger partial charge in [-0.25, -0.2) is 8.98 Å². The summed E-state index contributed by atoms with van der Waals surface area (Å²) in [6.45, 7) is 13.1. The Bertz CT molecular complexity index is 1920. The number of carbonyl (C=O) groups excluding carboxylic acids is 3. The maximum atomic E-state index is 14.8. The quantitative estimate of drug-likeness (QED) is 0.0245. The van der Waals surface area contributed by atoms with E-state index in [2.05, 4.69) is 57.5 Å². The summed E-state index contributed by atoms with van der Waals surface area (Å²) < 4.78 is 73.5. The minimum absolute atomic E-state index is 0.0734. The van der Waals surface area contributed by atoms with Gasteiger partial charge >= 0.3 is 16.4 Å². The maximum Gasteiger partial charge on any atom is 0.397 e. The average molecular weight is 1450 g/mol. The molecular formula is C81H157N3O15S. The number of unbranched alkanes of at least 4 members (excludes halogenated alkanes) is 45. The van der Waals surface area contributed by atoms with E-state index < -0.39 is 102 Å². The van der Waals surface area contributed by atoms with Gasteiger partial charge in [-0.3, -0.25) is 18.9 Å². The summed E-state index contributed by atoms with van der Waals surface area (Å²) >= 11 is 0. The molecule has 3 unspecified atom stereocenters. The predicted molar refractivity (Wildman–Crippen MR) is 408 cm³/mol. The predicted octanol–water partition coefficient (Wildman–Crippen LogP) is 20.0. The number of carboxylic acid groups (broad SMARTS) is 1. The van der Waals surface area contributed by atoms with Crippen LogP contribution in [0, 0.1) is 0 Å². The highest BCUT2D eigenvalue weighted by atomic mass is 32.3. The summed E-state index contributed by atoms with van der Waals surface area (Å²) in [4.78, 5) is 56.9. The molecular weight excluding hydrogens is 1290 g/mol. The minimum atomic E-state index is -5.31. The van der Waals surface area contributed by atoms with Crippen LogP contribution in [0.5, 0.6) is 0 Å². The molecule has 6 N–H and O–H groups in total. The number of carboxylic acids is 1. The van der Waals surface area contributed by atoms with Gasteiger partial charge in [0.2, 0.25) is 17.7 Å². The third-order valence-electron chi connectivity index (χ3n) is 20.0. The first-order chi connectivity index (χ1) is 48.7. The van der Waals surface area contributed by atoms with Gasteiger partial charge in [-0.15, -0.1) is 0 Å². The molecule has 1 saturated heterocycles. The third kappa shape index (κ3) is 55.9. The van der Waals surface area contributed by atoms with Crippen molar-refractivity contribution in [3.63, 3.8) is 0 Å². The maximum absolute atomic E-state index is 14.8. The van der Waals surface area contributed by atoms with Crippen LogP contribution in [-0.2, 0) is 57.4 Å². The Morgan fingerprint density at radius 3 is 0.940 bits per heavy atom. The van der Waals surface area contributed by atoms with Crippen molar-refractivity contribution in [1.29, 1.82) is 0 Å². The fraction of sp³-hybridized carbons (Fsp3) is 0.951. The third-order valence-corrected chi connectivity index (χ3v) is 20.5. The molecule has 1 fully saturated rings. The first-order valence-electron chi connectivity index (χ1n) is 42.2. The van der Waals surface area contributed by atoms with Crippen LogP contribution in [0.15, 0.2) is 0 Å². The van der Waals surface area contributed by atoms with Crippen molar-refractivity contribution >= 4 is 34.1 Å². The number of amides is 3. The Kier molecular flexibility index (Phi) is 65.3. The van der Waals surface area contributed by atoms with E-state index in [1.807, 2.05) is 0 Å². The Balaban J connectivity index is 3.73. The summed E-state index contributed by atoms with van der Waals surface area (Å²) in [6.07, 6.45) is 52.4. The Hall–Kier alpha value is -2.49. The SMILES string of the molecule is CCCCCCCCCCC[C@H](CC(=O)NC1C(NC(=O)C[C@@H](CCCCCCCCCCC)OCCCCCCCCCC)[C@H](OS(=O)(=O)O)C(CO)O[C@H]1OC[C@H](NC(=O)C[C@@H](CCCCCCCCCCC)OCCCCCCCCCC)C(=O)O)OCCCCCCCCCC. The number of aliphatic hydroxyl groups is 1. The van der Waals surface area contributed by atoms with Crippen molar-refractivity contribution in [2.45, 2.75) is 462 Å². The van der Waals surface area contributed by atoms with Crippen LogP contribution >= 0.6 is 0 Å². The second kappa shape index (κ2) is 68.3. The molecule has 0 bridgehead atoms. The summed E-state index contributed by atoms with van der Waals surface area (Å²) in [6, 6.07) is -4.69. The van der Waals surface area contributed by atoms with E-state index in [1.165, 1.54) is 180 Å². The highest BCUT2D eigenvalue weighted by molar-refractivity contribution is 7.80. The van der Waals surface area contributed by atoms with Crippen molar-refractivity contribution in [2.24, 2.45) is 0 Å². The average Bonchev–Trinajstić information content (AvgIpc) is 0.781. The lowest BCUT2D eigenvalue weighted by Gasteiger charge is -2.46. The molecule has 0 aliphatic carbocycles. The van der Waals surface area contributed by atoms with Gasteiger partial charge in [0, 0.05) is 19.8 Å². The van der Waals surface area contributed by atoms with Crippen LogP contribution in [0.2, 0.25) is 0 Å². The van der Waals surface area contributed by atoms with E-state index in [1.54, 1.807) is 0 Å². The molecule has 0 saturated carbocycles. The highest BCUT2D eigenvalue weighted by Crippen LogP contribution is 2.28. The number of nitrogens with one attached hydrogen (secondary N) is 3. The smallest absolute Gasteiger partial charge is 0.397 e. The van der Waals surface area contributed by atoms with Gasteiger partial charge in [0.05, 0.1) is 56.8 Å². The molecule has 0 spiro atoms. The van der Waals surface area contributed by atoms with Gasteiger partial charge in [-0.2, -0.15) is 8.42 Å². The molecule has 3 amide bonds. The fourth-order valence-corrected chi connectivity index (χ4v) is 14.3. The van der Waals surface area contributed by atoms with E-state index in [0.29, 0.717) is 39.1 Å². The van der Waals surface area contributed by atoms with Crippen molar-refractivity contribution < 1.29 is 70.2 Å². The van der Waals surface area contributed by atoms with Gasteiger partial charge in [-0.05, 0) is 38.5 Å². The molecule has 1 aliphatic heterocycles. The number of hydrogen-bond acceptors (Lipinski definition) is 13. The second-order valence-electron chi connectivity index (χ2n) is 29.6. The molecule has 0 radical (unpaired) electrons. The Morgan fingerprint density at radius 1 is 0.390 bits per heavy atom. The molecule has 19 heteroatoms. The Morgan fingerprint density at radius 2 is 0.660 bits per heavy atom. The monoisotopic (exact) mass is 1440 g/mol. The summed E-state index contributed by atoms with van der Waals surface area (Å²) in [5.41, 5.74) is 0. The van der Waals surface area contributed by atoms with Gasteiger partial charge in [0.1, 0.15) is 18.2 Å². The number of hydrogen-bond donors (Lipinski definition) is 6. The molecule has 1 rings (SSSR count). The lowest BCUT2D eigenvalue weighted by atomic mass is 9.93. The lowest BCUT2D eigenvalue weighted by molar-refractivity contribution is -0.247. The van der Waals surface area contributed by atoms with Crippen molar-refractivity contribution in [3.05, 3.63) is 0 Å². The van der Waals surface area contributed by atoms with Crippen LogP contribution in [-0.4, -0.2) is 135 Å². The van der Waals surface area contributed by atoms with E-state index >= 15 is 0 Å². The van der Waals surface area contributed by atoms with E-state index in [0.717, 1.165) is 148 Å². The fourth-order valence-electron chi connectivity index (χ4n) is 13.8. The molecule has 0 aromatic heterocycles. The van der Waals surface area contributed by atoms with Gasteiger partial charge in [0.15, 0.2) is 12.3 Å². The summed E-state index contributed by atoms with van der Waals surface area (Å²) in [5, 5.41) is 30.3. The standard InChI is InChI=1S/C81H157N3O15S/c1-7-13-19-25-31-37-40-46-52-58-69(94-61-55-49-43-34-28-22-16-10-4)64-74(86)82-72(80(89)90)68-97-81-78(84-76(88)66-71(60-54-48-42-39-33-27-21-15-9-3)96-63-57-51-45-36-30-24-18-12-6)77(79(73(67-85)98-81)99-100(91,92)93)83-75(87)65-70(59-53-47-41-38-32-26-20-14-8-2)95-62-56-50-44-35-29-23-17-11-5/h69-73,77-79,81,85H,7-68H2,1-6H3,(H,82,86)(H,83,87)(H,84,88)(H,89,90)(H,91,92,93)/t69-,70-,71-,72+,73?,77?,78?,79-,81-/m1/s1. The topological polar surface area (TPSA) is 255 Å². The van der Waals surface area contributed by atoms with Gasteiger partial charge < -0.3 is 49.8 Å². The first-order valence-corrected chi connectivity index (χ1v) is 43.5. The minimum Gasteiger partial charge on any atom is -0.480 e. The van der Waals surface area contributed by atoms with Crippen LogP contribution in [0.4, 0.5) is 0 Å². The number of aliphatic carboxylic acids is 1. The summed E-state index contributed by atoms with van der Waals surface area (Å²) in [7, 11) is -5.31. The second-order valence-corrected chi connectivity index (χ2v) is 30.6. The van der Waals surface area contributed by atoms with Gasteiger partial charge in [0.25, 0.3) is 0 Å². The van der Waals surface area contributed by atoms with Crippen molar-refractivity contribution in [1.82, 2.24) is 16.0 Å². The van der Waals surface area contributed by atoms with Crippen LogP contribution in [0.25, 0.3) is 0 Å². The first kappa shape index (κ1) is 95.5. The molecule has 592 valence electrons. The van der Waals surface area contributed by atoms with Gasteiger partial charge in [-0.1, -0.05) is 350 Å². The largest absolute Gasteiger partial charge is 0.480 e. The van der Waals surface area contributed by atoms with Crippen LogP contribution < -0.4 is 16.0 Å². The van der Waals surface area contributed by atoms with E-state index in [4.69, 9.17) is 27.9 Å². The number of carbonyl (C=O) groups is 4. The van der Waals surface area contributed by atoms with Crippen LogP contribution in [0.3, 0.4) is 0 Å². The molecule has 0 aromatic rings. The normalized spacial score (nSPS) is 17.7. The molecule has 1 aliphatic rings. The zero-order valence-electron chi connectivity index (χ0n) is 65.2. The molecule has 9 atom stereocenters. The van der Waals surface area contributed by atoms with E-state index in [9.17, 15) is 42.4 Å².